The summed E-state index contributed by atoms with van der Waals surface area (Å²) in [5.74, 6) is -2.90. The number of anilines is 1. The molecular formula is C21H26ClN5O7S2. The first kappa shape index (κ1) is 27.7. The Bertz CT molecular complexity index is 1130. The average Bonchev–Trinajstić information content (AvgIpc) is 3.12. The highest BCUT2D eigenvalue weighted by Gasteiger charge is 2.56. The van der Waals surface area contributed by atoms with Crippen LogP contribution in [0.4, 0.5) is 5.13 Å². The van der Waals surface area contributed by atoms with Crippen LogP contribution in [-0.4, -0.2) is 79.9 Å². The van der Waals surface area contributed by atoms with Crippen LogP contribution in [0.3, 0.4) is 0 Å². The molecule has 1 aromatic rings. The van der Waals surface area contributed by atoms with Crippen molar-refractivity contribution in [3.05, 3.63) is 22.7 Å². The molecule has 196 valence electrons. The summed E-state index contributed by atoms with van der Waals surface area (Å²) in [6.07, 6.45) is 0.153. The van der Waals surface area contributed by atoms with E-state index in [1.54, 1.807) is 20.8 Å². The minimum atomic E-state index is -1.27. The Morgan fingerprint density at radius 2 is 2.11 bits per heavy atom. The molecule has 4 atom stereocenters. The van der Waals surface area contributed by atoms with Gasteiger partial charge in [-0.3, -0.25) is 14.4 Å². The number of carbonyl (C=O) groups excluding carboxylic acids is 3. The second-order valence-corrected chi connectivity index (χ2v) is 11.9. The highest BCUT2D eigenvalue weighted by Crippen LogP contribution is 2.42. The molecule has 4 N–H and O–H groups in total. The molecule has 36 heavy (non-hydrogen) atoms. The van der Waals surface area contributed by atoms with E-state index in [1.807, 2.05) is 0 Å². The number of ether oxygens (including phenoxy) is 1. The predicted molar refractivity (Wildman–Crippen MR) is 135 cm³/mol. The first-order valence-electron chi connectivity index (χ1n) is 10.7. The number of carbonyl (C=O) groups is 4. The number of thioether (sulfide) groups is 1. The predicted octanol–water partition coefficient (Wildman–Crippen LogP) is 1.49. The number of hydrogen-bond acceptors (Lipinski definition) is 11. The molecule has 3 heterocycles. The van der Waals surface area contributed by atoms with Gasteiger partial charge in [0.05, 0.1) is 0 Å². The molecule has 2 saturated heterocycles. The summed E-state index contributed by atoms with van der Waals surface area (Å²) in [6.45, 7) is 10.0. The number of nitrogens with zero attached hydrogens (tertiary/aromatic N) is 3. The van der Waals surface area contributed by atoms with Crippen LogP contribution in [0.2, 0.25) is 4.34 Å². The number of nitrogens with two attached hydrogens (primary N) is 1. The lowest BCUT2D eigenvalue weighted by Crippen LogP contribution is -2.73. The first-order valence-corrected chi connectivity index (χ1v) is 12.9. The third kappa shape index (κ3) is 5.60. The summed E-state index contributed by atoms with van der Waals surface area (Å²) in [5.41, 5.74) is 3.21. The second kappa shape index (κ2) is 10.3. The molecule has 0 saturated carbocycles. The van der Waals surface area contributed by atoms with Crippen LogP contribution < -0.4 is 11.1 Å². The van der Waals surface area contributed by atoms with Crippen molar-refractivity contribution in [3.63, 3.8) is 0 Å². The number of β-lactam (4-membered cyclic amide) rings is 1. The molecule has 0 aliphatic carbocycles. The van der Waals surface area contributed by atoms with Crippen molar-refractivity contribution >= 4 is 69.3 Å². The van der Waals surface area contributed by atoms with Crippen LogP contribution >= 0.6 is 34.7 Å². The number of carboxylic acids is 1. The van der Waals surface area contributed by atoms with E-state index in [4.69, 9.17) is 26.9 Å². The number of fused-ring (bicyclic) bond motifs is 1. The van der Waals surface area contributed by atoms with Crippen LogP contribution in [-0.2, 0) is 28.8 Å². The molecule has 2 amide bonds. The van der Waals surface area contributed by atoms with E-state index in [0.29, 0.717) is 0 Å². The third-order valence-electron chi connectivity index (χ3n) is 5.29. The number of thiazole rings is 1. The smallest absolute Gasteiger partial charge is 0.350 e. The second-order valence-electron chi connectivity index (χ2n) is 9.18. The molecule has 2 aliphatic rings. The Morgan fingerprint density at radius 3 is 2.64 bits per heavy atom. The molecule has 0 spiro atoms. The number of rotatable bonds is 8. The number of esters is 1. The highest BCUT2D eigenvalue weighted by atomic mass is 35.5. The highest BCUT2D eigenvalue weighted by molar-refractivity contribution is 8.00. The summed E-state index contributed by atoms with van der Waals surface area (Å²) < 4.78 is 5.29. The number of nitrogens with one attached hydrogen (secondary N) is 1. The van der Waals surface area contributed by atoms with Crippen LogP contribution in [0.15, 0.2) is 17.8 Å². The number of aromatic nitrogens is 1. The third-order valence-corrected chi connectivity index (χ3v) is 7.92. The van der Waals surface area contributed by atoms with Gasteiger partial charge in [-0.05, 0) is 27.7 Å². The van der Waals surface area contributed by atoms with Gasteiger partial charge >= 0.3 is 11.9 Å². The molecule has 2 aliphatic heterocycles. The van der Waals surface area contributed by atoms with Gasteiger partial charge in [0.25, 0.3) is 5.91 Å². The van der Waals surface area contributed by atoms with Gasteiger partial charge in [0, 0.05) is 12.3 Å². The Hall–Kier alpha value is -2.84. The molecule has 0 bridgehead atoms. The fourth-order valence-electron chi connectivity index (χ4n) is 3.36. The molecule has 15 heteroatoms. The normalized spacial score (nSPS) is 24.8. The van der Waals surface area contributed by atoms with Gasteiger partial charge in [-0.15, -0.1) is 18.3 Å². The quantitative estimate of drug-likeness (QED) is 0.139. The number of halogens is 1. The molecule has 1 aromatic heterocycles. The van der Waals surface area contributed by atoms with Gasteiger partial charge in [-0.25, -0.2) is 9.78 Å². The number of aliphatic carboxylic acids is 1. The molecular weight excluding hydrogens is 534 g/mol. The zero-order valence-corrected chi connectivity index (χ0v) is 22.3. The van der Waals surface area contributed by atoms with Crippen molar-refractivity contribution in [1.82, 2.24) is 15.2 Å². The Labute approximate surface area is 220 Å². The standard InChI is InChI=1S/C21H26ClN5O7S2/c1-6-21(18(31)32)7-27-15(29)12(16(27)35-8-21)24-14(28)11(10-13(22)36-19(23)25-10)26-34-9(2)17(30)33-20(3,4)5/h6,9,12,16H,1,7-8H2,2-5H3,(H2,23,25)(H,24,28)(H,31,32)/t9?,12?,16-,21?/m1/s1. The van der Waals surface area contributed by atoms with Crippen molar-refractivity contribution in [2.75, 3.05) is 18.0 Å². The zero-order valence-electron chi connectivity index (χ0n) is 19.9. The van der Waals surface area contributed by atoms with Gasteiger partial charge < -0.3 is 30.6 Å². The lowest BCUT2D eigenvalue weighted by atomic mass is 9.87. The molecule has 0 aromatic carbocycles. The van der Waals surface area contributed by atoms with E-state index in [9.17, 15) is 24.3 Å². The fourth-order valence-corrected chi connectivity index (χ4v) is 5.82. The van der Waals surface area contributed by atoms with Crippen LogP contribution in [0.1, 0.15) is 33.4 Å². The molecule has 3 rings (SSSR count). The summed E-state index contributed by atoms with van der Waals surface area (Å²) in [6, 6.07) is -0.942. The molecule has 3 unspecified atom stereocenters. The summed E-state index contributed by atoms with van der Waals surface area (Å²) in [5, 5.41) is 15.5. The van der Waals surface area contributed by atoms with Crippen LogP contribution in [0, 0.1) is 5.41 Å². The van der Waals surface area contributed by atoms with Gasteiger partial charge in [-0.1, -0.05) is 34.2 Å². The minimum Gasteiger partial charge on any atom is -0.481 e. The Kier molecular flexibility index (Phi) is 7.91. The maximum absolute atomic E-state index is 13.2. The maximum Gasteiger partial charge on any atom is 0.350 e. The lowest BCUT2D eigenvalue weighted by Gasteiger charge is -2.53. The van der Waals surface area contributed by atoms with E-state index < -0.39 is 52.3 Å². The van der Waals surface area contributed by atoms with E-state index in [0.717, 1.165) is 11.3 Å². The number of oxime groups is 1. The van der Waals surface area contributed by atoms with Crippen molar-refractivity contribution in [3.8, 4) is 0 Å². The number of carboxylic acid groups (broad SMARTS) is 1. The van der Waals surface area contributed by atoms with Crippen molar-refractivity contribution in [2.45, 2.75) is 50.8 Å². The van der Waals surface area contributed by atoms with Crippen molar-refractivity contribution in [1.29, 1.82) is 0 Å². The fraction of sp³-hybridized carbons (Fsp3) is 0.524. The summed E-state index contributed by atoms with van der Waals surface area (Å²) >= 11 is 8.29. The number of nitrogen functional groups attached to an aromatic ring is 1. The lowest BCUT2D eigenvalue weighted by molar-refractivity contribution is -0.167. The van der Waals surface area contributed by atoms with Gasteiger partial charge in [-0.2, -0.15) is 0 Å². The van der Waals surface area contributed by atoms with Crippen LogP contribution in [0.5, 0.6) is 0 Å². The number of amides is 2. The van der Waals surface area contributed by atoms with E-state index >= 15 is 0 Å². The average molecular weight is 560 g/mol. The largest absolute Gasteiger partial charge is 0.481 e. The SMILES string of the molecule is C=CC1(C(=O)O)CS[C@@H]2C(NC(=O)C(=NOC(C)C(=O)OC(C)(C)C)c3nc(N)sc3Cl)C(=O)N2C1. The molecule has 2 fully saturated rings. The number of hydrogen-bond donors (Lipinski definition) is 3. The van der Waals surface area contributed by atoms with Crippen LogP contribution in [0.25, 0.3) is 0 Å². The van der Waals surface area contributed by atoms with Gasteiger partial charge in [0.1, 0.15) is 32.5 Å². The monoisotopic (exact) mass is 559 g/mol. The molecule has 12 nitrogen and oxygen atoms in total. The summed E-state index contributed by atoms with van der Waals surface area (Å²) in [7, 11) is 0. The van der Waals surface area contributed by atoms with E-state index in [2.05, 4.69) is 22.0 Å². The van der Waals surface area contributed by atoms with E-state index in [-0.39, 0.29) is 33.2 Å². The van der Waals surface area contributed by atoms with E-state index in [1.165, 1.54) is 29.7 Å². The molecule has 0 radical (unpaired) electrons. The Balaban J connectivity index is 1.78. The van der Waals surface area contributed by atoms with Crippen molar-refractivity contribution in [2.24, 2.45) is 10.6 Å². The zero-order chi connectivity index (χ0) is 27.0. The Morgan fingerprint density at radius 1 is 1.44 bits per heavy atom. The topological polar surface area (TPSA) is 174 Å². The first-order chi connectivity index (χ1) is 16.7. The van der Waals surface area contributed by atoms with Gasteiger partial charge in [0.15, 0.2) is 10.8 Å². The van der Waals surface area contributed by atoms with Gasteiger partial charge in [0.2, 0.25) is 12.0 Å². The summed E-state index contributed by atoms with van der Waals surface area (Å²) in [4.78, 5) is 60.5. The maximum atomic E-state index is 13.2. The minimum absolute atomic E-state index is 0.0549. The van der Waals surface area contributed by atoms with Crippen molar-refractivity contribution < 1.29 is 33.9 Å².